The van der Waals surface area contributed by atoms with Crippen molar-refractivity contribution in [1.82, 2.24) is 9.97 Å². The maximum absolute atomic E-state index is 12.3. The van der Waals surface area contributed by atoms with Gasteiger partial charge in [0.25, 0.3) is 0 Å². The van der Waals surface area contributed by atoms with Gasteiger partial charge in [-0.15, -0.1) is 22.7 Å². The van der Waals surface area contributed by atoms with Crippen LogP contribution in [0.15, 0.2) is 29.8 Å². The molecule has 1 N–H and O–H groups in total. The molecule has 122 valence electrons. The number of carbonyl (C=O) groups excluding carboxylic acids is 2. The fourth-order valence-corrected chi connectivity index (χ4v) is 4.16. The zero-order chi connectivity index (χ0) is 16.7. The molecular weight excluding hydrogens is 344 g/mol. The van der Waals surface area contributed by atoms with Crippen molar-refractivity contribution in [2.24, 2.45) is 5.92 Å². The number of rotatable bonds is 3. The number of thiazole rings is 2. The van der Waals surface area contributed by atoms with Crippen LogP contribution in [0, 0.1) is 12.8 Å². The summed E-state index contributed by atoms with van der Waals surface area (Å²) < 4.78 is 1.10. The van der Waals surface area contributed by atoms with Gasteiger partial charge in [-0.1, -0.05) is 0 Å². The molecule has 4 rings (SSSR count). The maximum atomic E-state index is 12.3. The summed E-state index contributed by atoms with van der Waals surface area (Å²) >= 11 is 2.99. The number of carbonyl (C=O) groups is 2. The van der Waals surface area contributed by atoms with Gasteiger partial charge in [0.15, 0.2) is 5.13 Å². The molecule has 0 bridgehead atoms. The van der Waals surface area contributed by atoms with Crippen molar-refractivity contribution in [3.8, 4) is 0 Å². The smallest absolute Gasteiger partial charge is 0.231 e. The molecule has 0 radical (unpaired) electrons. The van der Waals surface area contributed by atoms with E-state index in [1.54, 1.807) is 27.8 Å². The second-order valence-corrected chi connectivity index (χ2v) is 7.75. The SMILES string of the molecule is Cc1nc2cc(N3CC(C(=O)Nc4nccs4)CC3=O)ccc2s1. The van der Waals surface area contributed by atoms with Crippen LogP contribution in [-0.2, 0) is 9.59 Å². The van der Waals surface area contributed by atoms with Crippen molar-refractivity contribution in [2.75, 3.05) is 16.8 Å². The third kappa shape index (κ3) is 2.78. The third-order valence-corrected chi connectivity index (χ3v) is 5.59. The molecule has 1 fully saturated rings. The van der Waals surface area contributed by atoms with E-state index in [0.29, 0.717) is 11.7 Å². The van der Waals surface area contributed by atoms with E-state index in [0.717, 1.165) is 20.9 Å². The minimum absolute atomic E-state index is 0.0411. The fourth-order valence-electron chi connectivity index (χ4n) is 2.82. The normalized spacial score (nSPS) is 17.6. The monoisotopic (exact) mass is 358 g/mol. The first-order chi connectivity index (χ1) is 11.6. The maximum Gasteiger partial charge on any atom is 0.231 e. The summed E-state index contributed by atoms with van der Waals surface area (Å²) in [7, 11) is 0. The number of anilines is 2. The lowest BCUT2D eigenvalue weighted by atomic mass is 10.1. The highest BCUT2D eigenvalue weighted by Gasteiger charge is 2.35. The molecule has 8 heteroatoms. The standard InChI is InChI=1S/C16H14N4O2S2/c1-9-18-12-7-11(2-3-13(12)24-9)20-8-10(6-14(20)21)15(22)19-16-17-4-5-23-16/h2-5,7,10H,6,8H2,1H3,(H,17,19,22). The molecule has 3 aromatic rings. The highest BCUT2D eigenvalue weighted by Crippen LogP contribution is 2.30. The number of fused-ring (bicyclic) bond motifs is 1. The molecule has 0 aliphatic carbocycles. The number of nitrogens with one attached hydrogen (secondary N) is 1. The van der Waals surface area contributed by atoms with Crippen LogP contribution >= 0.6 is 22.7 Å². The lowest BCUT2D eigenvalue weighted by molar-refractivity contribution is -0.122. The molecule has 0 spiro atoms. The van der Waals surface area contributed by atoms with E-state index in [1.165, 1.54) is 11.3 Å². The molecule has 3 heterocycles. The Bertz CT molecular complexity index is 919. The van der Waals surface area contributed by atoms with E-state index in [-0.39, 0.29) is 24.2 Å². The molecule has 2 amide bonds. The van der Waals surface area contributed by atoms with Crippen molar-refractivity contribution < 1.29 is 9.59 Å². The topological polar surface area (TPSA) is 75.2 Å². The van der Waals surface area contributed by atoms with Gasteiger partial charge >= 0.3 is 0 Å². The van der Waals surface area contributed by atoms with Crippen molar-refractivity contribution in [1.29, 1.82) is 0 Å². The second kappa shape index (κ2) is 5.95. The predicted octanol–water partition coefficient (Wildman–Crippen LogP) is 3.05. The Morgan fingerprint density at radius 2 is 2.29 bits per heavy atom. The first kappa shape index (κ1) is 15.2. The predicted molar refractivity (Wildman–Crippen MR) is 95.6 cm³/mol. The van der Waals surface area contributed by atoms with Gasteiger partial charge in [0.1, 0.15) is 0 Å². The quantitative estimate of drug-likeness (QED) is 0.781. The Balaban J connectivity index is 1.53. The molecule has 1 atom stereocenters. The van der Waals surface area contributed by atoms with E-state index in [4.69, 9.17) is 0 Å². The molecule has 2 aromatic heterocycles. The highest BCUT2D eigenvalue weighted by atomic mass is 32.1. The molecule has 1 aliphatic heterocycles. The summed E-state index contributed by atoms with van der Waals surface area (Å²) in [5.74, 6) is -0.568. The van der Waals surface area contributed by atoms with Crippen LogP contribution in [0.1, 0.15) is 11.4 Å². The molecule has 1 unspecified atom stereocenters. The Hall–Kier alpha value is -2.32. The Morgan fingerprint density at radius 1 is 1.42 bits per heavy atom. The van der Waals surface area contributed by atoms with Gasteiger partial charge in [-0.25, -0.2) is 9.97 Å². The number of aromatic nitrogens is 2. The Kier molecular flexibility index (Phi) is 3.78. The number of benzene rings is 1. The van der Waals surface area contributed by atoms with E-state index in [9.17, 15) is 9.59 Å². The van der Waals surface area contributed by atoms with Crippen LogP contribution in [0.3, 0.4) is 0 Å². The van der Waals surface area contributed by atoms with Crippen molar-refractivity contribution in [3.05, 3.63) is 34.8 Å². The number of amides is 2. The van der Waals surface area contributed by atoms with Crippen molar-refractivity contribution >= 4 is 55.5 Å². The first-order valence-electron chi connectivity index (χ1n) is 7.48. The fraction of sp³-hybridized carbons (Fsp3) is 0.250. The van der Waals surface area contributed by atoms with Gasteiger partial charge in [0, 0.05) is 30.2 Å². The molecule has 24 heavy (non-hydrogen) atoms. The van der Waals surface area contributed by atoms with Gasteiger partial charge < -0.3 is 10.2 Å². The number of nitrogens with zero attached hydrogens (tertiary/aromatic N) is 3. The molecule has 1 aromatic carbocycles. The molecule has 1 aliphatic rings. The molecule has 1 saturated heterocycles. The zero-order valence-electron chi connectivity index (χ0n) is 12.9. The van der Waals surface area contributed by atoms with E-state index >= 15 is 0 Å². The average Bonchev–Trinajstić information content (AvgIpc) is 3.25. The third-order valence-electron chi connectivity index (χ3n) is 3.95. The summed E-state index contributed by atoms with van der Waals surface area (Å²) in [6, 6.07) is 5.81. The van der Waals surface area contributed by atoms with Gasteiger partial charge in [-0.2, -0.15) is 0 Å². The van der Waals surface area contributed by atoms with Crippen molar-refractivity contribution in [2.45, 2.75) is 13.3 Å². The minimum Gasteiger partial charge on any atom is -0.312 e. The van der Waals surface area contributed by atoms with E-state index < -0.39 is 0 Å². The van der Waals surface area contributed by atoms with Crippen LogP contribution in [0.2, 0.25) is 0 Å². The Morgan fingerprint density at radius 3 is 3.08 bits per heavy atom. The van der Waals surface area contributed by atoms with Crippen LogP contribution in [0.25, 0.3) is 10.2 Å². The average molecular weight is 358 g/mol. The van der Waals surface area contributed by atoms with Crippen LogP contribution in [0.4, 0.5) is 10.8 Å². The summed E-state index contributed by atoms with van der Waals surface area (Å²) in [5.41, 5.74) is 1.68. The van der Waals surface area contributed by atoms with Gasteiger partial charge in [-0.05, 0) is 25.1 Å². The van der Waals surface area contributed by atoms with Crippen molar-refractivity contribution in [3.63, 3.8) is 0 Å². The summed E-state index contributed by atoms with van der Waals surface area (Å²) in [6.07, 6.45) is 1.85. The van der Waals surface area contributed by atoms with Crippen LogP contribution in [-0.4, -0.2) is 28.3 Å². The molecular formula is C16H14N4O2S2. The minimum atomic E-state index is -0.366. The number of hydrogen-bond acceptors (Lipinski definition) is 6. The van der Waals surface area contributed by atoms with E-state index in [1.807, 2.05) is 25.1 Å². The number of aryl methyl sites for hydroxylation is 1. The Labute approximate surface area is 146 Å². The first-order valence-corrected chi connectivity index (χ1v) is 9.18. The zero-order valence-corrected chi connectivity index (χ0v) is 14.5. The lowest BCUT2D eigenvalue weighted by Gasteiger charge is -2.16. The molecule has 0 saturated carbocycles. The molecule has 6 nitrogen and oxygen atoms in total. The lowest BCUT2D eigenvalue weighted by Crippen LogP contribution is -2.28. The van der Waals surface area contributed by atoms with Crippen LogP contribution in [0.5, 0.6) is 0 Å². The largest absolute Gasteiger partial charge is 0.312 e. The van der Waals surface area contributed by atoms with Gasteiger partial charge in [0.05, 0.1) is 21.1 Å². The number of hydrogen-bond donors (Lipinski definition) is 1. The summed E-state index contributed by atoms with van der Waals surface area (Å²) in [4.78, 5) is 34.8. The van der Waals surface area contributed by atoms with E-state index in [2.05, 4.69) is 15.3 Å². The second-order valence-electron chi connectivity index (χ2n) is 5.62. The van der Waals surface area contributed by atoms with Gasteiger partial charge in [0.2, 0.25) is 11.8 Å². The highest BCUT2D eigenvalue weighted by molar-refractivity contribution is 7.18. The van der Waals surface area contributed by atoms with Gasteiger partial charge in [-0.3, -0.25) is 9.59 Å². The van der Waals surface area contributed by atoms with Crippen LogP contribution < -0.4 is 10.2 Å². The summed E-state index contributed by atoms with van der Waals surface area (Å²) in [5, 5.41) is 6.12. The summed E-state index contributed by atoms with van der Waals surface area (Å²) in [6.45, 7) is 2.34.